The number of benzene rings is 4. The number of allylic oxidation sites excluding steroid dienone is 5. The largest absolute Gasteiger partial charge is 0.506 e. The van der Waals surface area contributed by atoms with Crippen LogP contribution in [0, 0.1) is 0 Å². The van der Waals surface area contributed by atoms with Gasteiger partial charge in [-0.1, -0.05) is 107 Å². The first-order valence-electron chi connectivity index (χ1n) is 17.4. The molecule has 0 spiro atoms. The van der Waals surface area contributed by atoms with E-state index in [1.807, 2.05) is 12.2 Å². The molecule has 240 valence electrons. The highest BCUT2D eigenvalue weighted by Crippen LogP contribution is 2.52. The third kappa shape index (κ3) is 4.87. The Bertz CT molecular complexity index is 2070. The highest BCUT2D eigenvalue weighted by atomic mass is 16.3. The van der Waals surface area contributed by atoms with Gasteiger partial charge in [-0.25, -0.2) is 0 Å². The van der Waals surface area contributed by atoms with Gasteiger partial charge in [-0.2, -0.15) is 4.58 Å². The third-order valence-corrected chi connectivity index (χ3v) is 10.9. The predicted molar refractivity (Wildman–Crippen MR) is 196 cm³/mol. The number of Topliss-reactive ketones (excluding diaryl/α,β-unsaturated/α-hetero) is 1. The Labute approximate surface area is 279 Å². The minimum Gasteiger partial charge on any atom is -0.506 e. The van der Waals surface area contributed by atoms with Crippen molar-refractivity contribution in [3.8, 4) is 0 Å². The Morgan fingerprint density at radius 3 is 2.04 bits per heavy atom. The molecule has 47 heavy (non-hydrogen) atoms. The fraction of sp³-hybridized carbons (Fsp3) is 0.349. The minimum absolute atomic E-state index is 0.0937. The van der Waals surface area contributed by atoms with Crippen LogP contribution in [0.1, 0.15) is 84.3 Å². The molecule has 4 aromatic rings. The number of hydrogen-bond donors (Lipinski definition) is 1. The van der Waals surface area contributed by atoms with Crippen molar-refractivity contribution in [1.29, 1.82) is 0 Å². The summed E-state index contributed by atoms with van der Waals surface area (Å²) in [5.41, 5.74) is 7.12. The monoisotopic (exact) mass is 623 g/mol. The zero-order valence-corrected chi connectivity index (χ0v) is 28.8. The van der Waals surface area contributed by atoms with Crippen molar-refractivity contribution in [2.75, 3.05) is 18.5 Å². The van der Waals surface area contributed by atoms with E-state index in [4.69, 9.17) is 0 Å². The molecule has 3 aliphatic rings. The minimum atomic E-state index is -0.337. The summed E-state index contributed by atoms with van der Waals surface area (Å²) in [6, 6.07) is 25.9. The molecule has 0 bridgehead atoms. The maximum atomic E-state index is 13.9. The van der Waals surface area contributed by atoms with Gasteiger partial charge < -0.3 is 10.0 Å². The van der Waals surface area contributed by atoms with Crippen LogP contribution in [0.15, 0.2) is 108 Å². The molecule has 0 atom stereocenters. The van der Waals surface area contributed by atoms with Crippen molar-refractivity contribution in [2.24, 2.45) is 0 Å². The van der Waals surface area contributed by atoms with Crippen LogP contribution in [0.2, 0.25) is 0 Å². The number of nitrogens with zero attached hydrogens (tertiary/aromatic N) is 2. The van der Waals surface area contributed by atoms with Crippen molar-refractivity contribution >= 4 is 44.4 Å². The van der Waals surface area contributed by atoms with Gasteiger partial charge >= 0.3 is 0 Å². The summed E-state index contributed by atoms with van der Waals surface area (Å²) < 4.78 is 2.18. The molecule has 4 nitrogen and oxygen atoms in total. The van der Waals surface area contributed by atoms with Crippen LogP contribution in [0.5, 0.6) is 0 Å². The summed E-state index contributed by atoms with van der Waals surface area (Å²) in [6.45, 7) is 12.1. The smallest absolute Gasteiger partial charge is 0.210 e. The quantitative estimate of drug-likeness (QED) is 0.115. The van der Waals surface area contributed by atoms with Crippen molar-refractivity contribution in [3.05, 3.63) is 119 Å². The second-order valence-electron chi connectivity index (χ2n) is 14.7. The topological polar surface area (TPSA) is 43.5 Å². The molecule has 0 saturated heterocycles. The Kier molecular flexibility index (Phi) is 7.74. The average molecular weight is 624 g/mol. The third-order valence-electron chi connectivity index (χ3n) is 10.9. The fourth-order valence-corrected chi connectivity index (χ4v) is 8.42. The number of unbranched alkanes of at least 4 members (excludes halogenated alkanes) is 5. The number of anilines is 1. The molecule has 7 rings (SSSR count). The SMILES string of the molecule is CCCCCCCCN1C(=CC2=C(O)C(=CC3=[N+](C)c4ccc5ccccc5c4C3(C)C)C2=O)C(C)(C)c2c1ccc1ccccc21. The Balaban J connectivity index is 1.26. The number of rotatable bonds is 9. The Morgan fingerprint density at radius 1 is 0.745 bits per heavy atom. The fourth-order valence-electron chi connectivity index (χ4n) is 8.42. The molecule has 0 amide bonds. The summed E-state index contributed by atoms with van der Waals surface area (Å²) >= 11 is 0. The van der Waals surface area contributed by atoms with Gasteiger partial charge in [0.1, 0.15) is 12.8 Å². The molecule has 4 aromatic carbocycles. The van der Waals surface area contributed by atoms with Crippen molar-refractivity contribution in [3.63, 3.8) is 0 Å². The molecule has 0 unspecified atom stereocenters. The first-order valence-corrected chi connectivity index (χ1v) is 17.4. The molecule has 0 saturated carbocycles. The van der Waals surface area contributed by atoms with E-state index >= 15 is 0 Å². The van der Waals surface area contributed by atoms with E-state index in [1.54, 1.807) is 0 Å². The van der Waals surface area contributed by atoms with E-state index in [-0.39, 0.29) is 22.4 Å². The Hall–Kier alpha value is -4.44. The second-order valence-corrected chi connectivity index (χ2v) is 14.7. The number of aliphatic hydroxyl groups excluding tert-OH is 1. The van der Waals surface area contributed by atoms with E-state index in [2.05, 4.69) is 124 Å². The van der Waals surface area contributed by atoms with Gasteiger partial charge in [0.15, 0.2) is 5.71 Å². The summed E-state index contributed by atoms with van der Waals surface area (Å²) in [6.07, 6.45) is 11.2. The van der Waals surface area contributed by atoms with E-state index in [1.165, 1.54) is 70.5 Å². The van der Waals surface area contributed by atoms with Crippen LogP contribution in [0.3, 0.4) is 0 Å². The molecule has 1 N–H and O–H groups in total. The highest BCUT2D eigenvalue weighted by molar-refractivity contribution is 6.24. The highest BCUT2D eigenvalue weighted by Gasteiger charge is 2.47. The predicted octanol–water partition coefficient (Wildman–Crippen LogP) is 10.4. The zero-order valence-electron chi connectivity index (χ0n) is 28.8. The van der Waals surface area contributed by atoms with Gasteiger partial charge in [0.05, 0.1) is 16.6 Å². The van der Waals surface area contributed by atoms with Crippen LogP contribution in [-0.2, 0) is 15.6 Å². The lowest BCUT2D eigenvalue weighted by atomic mass is 9.76. The van der Waals surface area contributed by atoms with E-state index in [0.717, 1.165) is 30.1 Å². The number of ketones is 1. The molecule has 0 aromatic heterocycles. The number of fused-ring (bicyclic) bond motifs is 6. The molecule has 0 radical (unpaired) electrons. The molecule has 0 fully saturated rings. The van der Waals surface area contributed by atoms with Crippen LogP contribution < -0.4 is 4.90 Å². The zero-order chi connectivity index (χ0) is 33.1. The summed E-state index contributed by atoms with van der Waals surface area (Å²) in [4.78, 5) is 16.4. The summed E-state index contributed by atoms with van der Waals surface area (Å²) in [5, 5.41) is 16.4. The maximum absolute atomic E-state index is 13.9. The summed E-state index contributed by atoms with van der Waals surface area (Å²) in [7, 11) is 2.06. The lowest BCUT2D eigenvalue weighted by molar-refractivity contribution is -0.401. The standard InChI is InChI=1S/C43H46N2O2/c1-7-8-9-10-11-16-25-45-35-24-22-29-18-13-15-20-31(29)39(35)43(4,5)37(45)27-33-40(46)32(41(33)47)26-36-42(2,3)38-30-19-14-12-17-28(30)21-23-34(38)44(36)6/h12-15,17-24,26-27H,7-11,16,25H2,1-6H3/p+1. The van der Waals surface area contributed by atoms with Crippen molar-refractivity contribution < 1.29 is 14.5 Å². The van der Waals surface area contributed by atoms with Crippen LogP contribution in [0.4, 0.5) is 11.4 Å². The van der Waals surface area contributed by atoms with Crippen LogP contribution in [0.25, 0.3) is 21.5 Å². The van der Waals surface area contributed by atoms with Gasteiger partial charge in [-0.3, -0.25) is 4.79 Å². The molecule has 4 heteroatoms. The van der Waals surface area contributed by atoms with Gasteiger partial charge in [-0.05, 0) is 65.6 Å². The first-order chi connectivity index (χ1) is 22.6. The lowest BCUT2D eigenvalue weighted by Crippen LogP contribution is -2.32. The number of aliphatic hydroxyl groups is 1. The summed E-state index contributed by atoms with van der Waals surface area (Å²) in [5.74, 6) is -0.000196. The van der Waals surface area contributed by atoms with E-state index < -0.39 is 0 Å². The first kappa shape index (κ1) is 31.2. The normalized spacial score (nSPS) is 19.8. The van der Waals surface area contributed by atoms with Gasteiger partial charge in [0.2, 0.25) is 11.5 Å². The van der Waals surface area contributed by atoms with Crippen LogP contribution in [-0.4, -0.2) is 34.8 Å². The molecular weight excluding hydrogens is 576 g/mol. The Morgan fingerprint density at radius 2 is 1.36 bits per heavy atom. The van der Waals surface area contributed by atoms with E-state index in [0.29, 0.717) is 11.1 Å². The molecule has 2 aliphatic heterocycles. The maximum Gasteiger partial charge on any atom is 0.210 e. The lowest BCUT2D eigenvalue weighted by Gasteiger charge is -2.29. The average Bonchev–Trinajstić information content (AvgIpc) is 3.41. The molecular formula is C43H47N2O2+. The van der Waals surface area contributed by atoms with Gasteiger partial charge in [-0.15, -0.1) is 0 Å². The second kappa shape index (κ2) is 11.7. The van der Waals surface area contributed by atoms with Crippen molar-refractivity contribution in [2.45, 2.75) is 84.0 Å². The number of carbonyl (C=O) groups excluding carboxylic acids is 1. The van der Waals surface area contributed by atoms with Gasteiger partial charge in [0.25, 0.3) is 0 Å². The van der Waals surface area contributed by atoms with E-state index in [9.17, 15) is 9.90 Å². The van der Waals surface area contributed by atoms with Crippen molar-refractivity contribution in [1.82, 2.24) is 0 Å². The van der Waals surface area contributed by atoms with Gasteiger partial charge in [0, 0.05) is 41.1 Å². The number of carbonyl (C=O) groups is 1. The number of hydrogen-bond acceptors (Lipinski definition) is 3. The van der Waals surface area contributed by atoms with Crippen LogP contribution >= 0.6 is 0 Å². The molecule has 1 aliphatic carbocycles. The molecule has 2 heterocycles.